The van der Waals surface area contributed by atoms with E-state index >= 15 is 0 Å². The smallest absolute Gasteiger partial charge is 0.111 e. The van der Waals surface area contributed by atoms with Gasteiger partial charge in [-0.2, -0.15) is 5.10 Å². The number of nitrogens with one attached hydrogen (secondary N) is 1. The Morgan fingerprint density at radius 3 is 2.62 bits per heavy atom. The Balaban J connectivity index is 2.16. The van der Waals surface area contributed by atoms with Gasteiger partial charge in [-0.1, -0.05) is 19.2 Å². The average molecular weight is 282 g/mol. The SMILES string of the molecule is C=C(C)C1=C(/C(C)=C\C)CC(NC(=C)c2cnn(C)c2)=N1. The van der Waals surface area contributed by atoms with Crippen LogP contribution in [0.3, 0.4) is 0 Å². The maximum Gasteiger partial charge on any atom is 0.111 e. The Kier molecular flexibility index (Phi) is 4.26. The third-order valence-corrected chi connectivity index (χ3v) is 3.54. The van der Waals surface area contributed by atoms with E-state index in [1.54, 1.807) is 10.9 Å². The van der Waals surface area contributed by atoms with Crippen LogP contribution in [-0.2, 0) is 7.05 Å². The number of nitrogens with zero attached hydrogens (tertiary/aromatic N) is 3. The summed E-state index contributed by atoms with van der Waals surface area (Å²) < 4.78 is 1.76. The molecule has 0 unspecified atom stereocenters. The van der Waals surface area contributed by atoms with Crippen LogP contribution in [0, 0.1) is 0 Å². The van der Waals surface area contributed by atoms with E-state index in [-0.39, 0.29) is 0 Å². The molecule has 0 aliphatic carbocycles. The van der Waals surface area contributed by atoms with Crippen molar-refractivity contribution in [3.63, 3.8) is 0 Å². The average Bonchev–Trinajstić information content (AvgIpc) is 3.04. The van der Waals surface area contributed by atoms with E-state index in [1.165, 1.54) is 11.1 Å². The van der Waals surface area contributed by atoms with Gasteiger partial charge in [0.2, 0.25) is 0 Å². The molecule has 4 nitrogen and oxygen atoms in total. The molecule has 0 atom stereocenters. The highest BCUT2D eigenvalue weighted by atomic mass is 15.2. The van der Waals surface area contributed by atoms with Crippen LogP contribution in [0.25, 0.3) is 5.70 Å². The first-order valence-corrected chi connectivity index (χ1v) is 6.97. The van der Waals surface area contributed by atoms with Crippen LogP contribution >= 0.6 is 0 Å². The monoisotopic (exact) mass is 282 g/mol. The second-order valence-electron chi connectivity index (χ2n) is 5.32. The molecule has 2 rings (SSSR count). The first-order chi connectivity index (χ1) is 9.92. The normalized spacial score (nSPS) is 15.2. The molecule has 2 heterocycles. The van der Waals surface area contributed by atoms with Crippen molar-refractivity contribution in [2.45, 2.75) is 27.2 Å². The molecule has 0 spiro atoms. The Labute approximate surface area is 126 Å². The summed E-state index contributed by atoms with van der Waals surface area (Å²) in [6.07, 6.45) is 6.59. The standard InChI is InChI=1S/C17H22N4/c1-7-12(4)15-8-16(20-17(15)11(2)3)19-13(5)14-9-18-21(6)10-14/h7,9-10H,2,5,8H2,1,3-4,6H3,(H,19,20)/b12-7-. The van der Waals surface area contributed by atoms with Gasteiger partial charge in [-0.25, -0.2) is 4.99 Å². The zero-order valence-corrected chi connectivity index (χ0v) is 13.2. The molecule has 1 aliphatic heterocycles. The van der Waals surface area contributed by atoms with Crippen molar-refractivity contribution < 1.29 is 0 Å². The van der Waals surface area contributed by atoms with Gasteiger partial charge in [-0.3, -0.25) is 4.68 Å². The van der Waals surface area contributed by atoms with Gasteiger partial charge in [0.15, 0.2) is 0 Å². The lowest BCUT2D eigenvalue weighted by Crippen LogP contribution is -2.19. The Morgan fingerprint density at radius 1 is 1.38 bits per heavy atom. The lowest BCUT2D eigenvalue weighted by molar-refractivity contribution is 0.767. The van der Waals surface area contributed by atoms with Crippen LogP contribution in [0.4, 0.5) is 0 Å². The quantitative estimate of drug-likeness (QED) is 0.917. The summed E-state index contributed by atoms with van der Waals surface area (Å²) in [6, 6.07) is 0. The summed E-state index contributed by atoms with van der Waals surface area (Å²) in [4.78, 5) is 4.67. The van der Waals surface area contributed by atoms with Crippen LogP contribution < -0.4 is 5.32 Å². The number of aryl methyl sites for hydroxylation is 1. The summed E-state index contributed by atoms with van der Waals surface area (Å²) in [5, 5.41) is 7.45. The number of allylic oxidation sites excluding steroid dienone is 3. The maximum absolute atomic E-state index is 4.67. The lowest BCUT2D eigenvalue weighted by Gasteiger charge is -2.08. The van der Waals surface area contributed by atoms with Crippen LogP contribution in [0.5, 0.6) is 0 Å². The van der Waals surface area contributed by atoms with Gasteiger partial charge in [0, 0.05) is 30.9 Å². The van der Waals surface area contributed by atoms with Crippen molar-refractivity contribution in [3.05, 3.63) is 59.6 Å². The van der Waals surface area contributed by atoms with E-state index in [4.69, 9.17) is 0 Å². The van der Waals surface area contributed by atoms with Gasteiger partial charge in [-0.15, -0.1) is 0 Å². The molecule has 0 radical (unpaired) electrons. The van der Waals surface area contributed by atoms with Gasteiger partial charge in [0.05, 0.1) is 11.9 Å². The van der Waals surface area contributed by atoms with Crippen LogP contribution in [0.2, 0.25) is 0 Å². The topological polar surface area (TPSA) is 42.2 Å². The van der Waals surface area contributed by atoms with E-state index in [2.05, 4.69) is 41.6 Å². The van der Waals surface area contributed by atoms with Crippen molar-refractivity contribution in [2.24, 2.45) is 12.0 Å². The van der Waals surface area contributed by atoms with E-state index in [0.29, 0.717) is 0 Å². The van der Waals surface area contributed by atoms with Gasteiger partial charge in [0.1, 0.15) is 5.84 Å². The van der Waals surface area contributed by atoms with E-state index < -0.39 is 0 Å². The van der Waals surface area contributed by atoms with Crippen molar-refractivity contribution in [3.8, 4) is 0 Å². The van der Waals surface area contributed by atoms with Gasteiger partial charge >= 0.3 is 0 Å². The molecule has 1 aliphatic rings. The predicted octanol–water partition coefficient (Wildman–Crippen LogP) is 3.58. The second kappa shape index (κ2) is 5.95. The summed E-state index contributed by atoms with van der Waals surface area (Å²) >= 11 is 0. The molecule has 4 heteroatoms. The Morgan fingerprint density at radius 2 is 2.10 bits per heavy atom. The molecule has 0 saturated heterocycles. The third-order valence-electron chi connectivity index (χ3n) is 3.54. The minimum atomic E-state index is 0.775. The van der Waals surface area contributed by atoms with Crippen LogP contribution in [-0.4, -0.2) is 15.6 Å². The zero-order valence-electron chi connectivity index (χ0n) is 13.2. The molecular formula is C17H22N4. The minimum Gasteiger partial charge on any atom is -0.343 e. The molecule has 0 amide bonds. The first-order valence-electron chi connectivity index (χ1n) is 6.97. The van der Waals surface area contributed by atoms with Crippen molar-refractivity contribution in [1.82, 2.24) is 15.1 Å². The van der Waals surface area contributed by atoms with Gasteiger partial charge < -0.3 is 5.32 Å². The Bertz CT molecular complexity index is 683. The van der Waals surface area contributed by atoms with Gasteiger partial charge in [-0.05, 0) is 37.5 Å². The summed E-state index contributed by atoms with van der Waals surface area (Å²) in [5.74, 6) is 0.901. The fourth-order valence-electron chi connectivity index (χ4n) is 2.24. The molecule has 0 fully saturated rings. The molecule has 0 bridgehead atoms. The van der Waals surface area contributed by atoms with E-state index in [0.717, 1.165) is 34.8 Å². The number of rotatable bonds is 4. The molecule has 1 aromatic heterocycles. The molecule has 21 heavy (non-hydrogen) atoms. The first kappa shape index (κ1) is 15.0. The third kappa shape index (κ3) is 3.21. The fourth-order valence-corrected chi connectivity index (χ4v) is 2.24. The van der Waals surface area contributed by atoms with Crippen molar-refractivity contribution in [2.75, 3.05) is 0 Å². The Hall–Kier alpha value is -2.36. The highest BCUT2D eigenvalue weighted by Crippen LogP contribution is 2.30. The van der Waals surface area contributed by atoms with Crippen molar-refractivity contribution >= 4 is 11.5 Å². The number of hydrogen-bond donors (Lipinski definition) is 1. The molecular weight excluding hydrogens is 260 g/mol. The summed E-state index contributed by atoms with van der Waals surface area (Å²) in [6.45, 7) is 14.2. The fraction of sp³-hybridized carbons (Fsp3) is 0.294. The number of amidine groups is 1. The highest BCUT2D eigenvalue weighted by Gasteiger charge is 2.20. The molecule has 1 N–H and O–H groups in total. The number of aromatic nitrogens is 2. The predicted molar refractivity (Wildman–Crippen MR) is 88.7 cm³/mol. The summed E-state index contributed by atoms with van der Waals surface area (Å²) in [7, 11) is 1.89. The van der Waals surface area contributed by atoms with Crippen LogP contribution in [0.1, 0.15) is 32.8 Å². The zero-order chi connectivity index (χ0) is 15.6. The number of hydrogen-bond acceptors (Lipinski definition) is 3. The summed E-state index contributed by atoms with van der Waals surface area (Å²) in [5.41, 5.74) is 6.20. The van der Waals surface area contributed by atoms with Crippen molar-refractivity contribution in [1.29, 1.82) is 0 Å². The minimum absolute atomic E-state index is 0.775. The van der Waals surface area contributed by atoms with E-state index in [1.807, 2.05) is 27.1 Å². The molecule has 0 aromatic carbocycles. The molecule has 1 aromatic rings. The number of aliphatic imine (C=N–C) groups is 1. The second-order valence-corrected chi connectivity index (χ2v) is 5.32. The largest absolute Gasteiger partial charge is 0.343 e. The molecule has 0 saturated carbocycles. The van der Waals surface area contributed by atoms with E-state index in [9.17, 15) is 0 Å². The molecule has 110 valence electrons. The maximum atomic E-state index is 4.67. The van der Waals surface area contributed by atoms with Gasteiger partial charge in [0.25, 0.3) is 0 Å². The highest BCUT2D eigenvalue weighted by molar-refractivity contribution is 5.95. The lowest BCUT2D eigenvalue weighted by atomic mass is 10.0. The van der Waals surface area contributed by atoms with Crippen LogP contribution in [0.15, 0.2) is 59.0 Å².